The number of carbonyl (C=O) groups is 3. The van der Waals surface area contributed by atoms with Crippen molar-refractivity contribution in [2.45, 2.75) is 51.7 Å². The van der Waals surface area contributed by atoms with Crippen LogP contribution in [0.2, 0.25) is 0 Å². The molecule has 0 saturated heterocycles. The molecule has 0 aromatic heterocycles. The molecule has 7 heteroatoms. The van der Waals surface area contributed by atoms with Crippen molar-refractivity contribution in [2.75, 3.05) is 22.2 Å². The Morgan fingerprint density at radius 3 is 2.46 bits per heavy atom. The Morgan fingerprint density at radius 1 is 1.23 bits per heavy atom. The number of amides is 2. The molecule has 26 heavy (non-hydrogen) atoms. The first-order valence-corrected chi connectivity index (χ1v) is 9.30. The van der Waals surface area contributed by atoms with Gasteiger partial charge in [0.1, 0.15) is 18.0 Å². The van der Waals surface area contributed by atoms with Gasteiger partial charge in [-0.1, -0.05) is 0 Å². The normalized spacial score (nSPS) is 17.6. The summed E-state index contributed by atoms with van der Waals surface area (Å²) < 4.78 is 5.42. The monoisotopic (exact) mass is 378 g/mol. The van der Waals surface area contributed by atoms with Crippen molar-refractivity contribution in [3.8, 4) is 0 Å². The predicted octanol–water partition coefficient (Wildman–Crippen LogP) is 3.11. The zero-order chi connectivity index (χ0) is 19.1. The Morgan fingerprint density at radius 2 is 1.92 bits per heavy atom. The summed E-state index contributed by atoms with van der Waals surface area (Å²) in [5, 5.41) is 0. The largest absolute Gasteiger partial charge is 0.456 e. The molecule has 1 aliphatic heterocycles. The van der Waals surface area contributed by atoms with E-state index in [4.69, 9.17) is 16.3 Å². The lowest BCUT2D eigenvalue weighted by Gasteiger charge is -2.43. The molecule has 1 saturated carbocycles. The molecular weight excluding hydrogens is 356 g/mol. The third kappa shape index (κ3) is 3.56. The molecule has 0 atom stereocenters. The fourth-order valence-corrected chi connectivity index (χ4v) is 3.32. The summed E-state index contributed by atoms with van der Waals surface area (Å²) >= 11 is 5.72. The van der Waals surface area contributed by atoms with Gasteiger partial charge < -0.3 is 9.64 Å². The van der Waals surface area contributed by atoms with Crippen LogP contribution >= 0.6 is 11.6 Å². The van der Waals surface area contributed by atoms with Crippen LogP contribution in [0.15, 0.2) is 18.2 Å². The second kappa shape index (κ2) is 6.91. The number of esters is 1. The Kier molecular flexibility index (Phi) is 4.97. The second-order valence-corrected chi connectivity index (χ2v) is 7.93. The highest BCUT2D eigenvalue weighted by molar-refractivity contribution is 6.30. The van der Waals surface area contributed by atoms with Crippen LogP contribution in [0.5, 0.6) is 0 Å². The fraction of sp³-hybridized carbons (Fsp3) is 0.526. The molecule has 2 amide bonds. The molecule has 0 N–H and O–H groups in total. The first kappa shape index (κ1) is 18.7. The van der Waals surface area contributed by atoms with Gasteiger partial charge in [0.25, 0.3) is 0 Å². The number of carbonyl (C=O) groups excluding carboxylic acids is 3. The molecule has 6 nitrogen and oxygen atoms in total. The van der Waals surface area contributed by atoms with Crippen LogP contribution in [0.25, 0.3) is 0 Å². The van der Waals surface area contributed by atoms with Crippen LogP contribution in [0.3, 0.4) is 0 Å². The van der Waals surface area contributed by atoms with Gasteiger partial charge in [0.2, 0.25) is 11.8 Å². The first-order valence-electron chi connectivity index (χ1n) is 8.77. The average molecular weight is 379 g/mol. The minimum Gasteiger partial charge on any atom is -0.456 e. The van der Waals surface area contributed by atoms with Gasteiger partial charge in [0, 0.05) is 6.04 Å². The van der Waals surface area contributed by atoms with Gasteiger partial charge in [-0.25, -0.2) is 4.79 Å². The molecule has 2 aliphatic rings. The van der Waals surface area contributed by atoms with Gasteiger partial charge in [-0.3, -0.25) is 14.5 Å². The zero-order valence-corrected chi connectivity index (χ0v) is 16.0. The van der Waals surface area contributed by atoms with E-state index >= 15 is 0 Å². The molecule has 0 spiro atoms. The van der Waals surface area contributed by atoms with Gasteiger partial charge >= 0.3 is 5.97 Å². The summed E-state index contributed by atoms with van der Waals surface area (Å²) in [5.41, 5.74) is 0.906. The Labute approximate surface area is 158 Å². The summed E-state index contributed by atoms with van der Waals surface area (Å²) in [4.78, 5) is 40.4. The average Bonchev–Trinajstić information content (AvgIpc) is 2.52. The number of halogens is 1. The van der Waals surface area contributed by atoms with E-state index in [1.54, 1.807) is 43.9 Å². The highest BCUT2D eigenvalue weighted by Gasteiger charge is 2.38. The maximum atomic E-state index is 12.6. The maximum Gasteiger partial charge on any atom is 0.338 e. The van der Waals surface area contributed by atoms with Gasteiger partial charge in [-0.2, -0.15) is 0 Å². The Balaban J connectivity index is 2.01. The number of benzene rings is 1. The van der Waals surface area contributed by atoms with E-state index in [0.717, 1.165) is 19.3 Å². The second-order valence-electron chi connectivity index (χ2n) is 7.67. The van der Waals surface area contributed by atoms with E-state index in [1.807, 2.05) is 0 Å². The van der Waals surface area contributed by atoms with Crippen LogP contribution in [0.1, 0.15) is 50.4 Å². The van der Waals surface area contributed by atoms with E-state index < -0.39 is 11.6 Å². The summed E-state index contributed by atoms with van der Waals surface area (Å²) in [5.74, 6) is -1.18. The van der Waals surface area contributed by atoms with Crippen LogP contribution in [0.4, 0.5) is 11.4 Å². The minimum atomic E-state index is -0.618. The number of hydrogen-bond acceptors (Lipinski definition) is 4. The van der Waals surface area contributed by atoms with E-state index in [2.05, 4.69) is 0 Å². The van der Waals surface area contributed by atoms with Crippen molar-refractivity contribution in [2.24, 2.45) is 0 Å². The topological polar surface area (TPSA) is 66.9 Å². The molecule has 0 unspecified atom stereocenters. The molecule has 1 aliphatic carbocycles. The lowest BCUT2D eigenvalue weighted by molar-refractivity contribution is -0.122. The van der Waals surface area contributed by atoms with Gasteiger partial charge in [-0.05, 0) is 58.2 Å². The van der Waals surface area contributed by atoms with Crippen LogP contribution in [0, 0.1) is 0 Å². The molecule has 0 radical (unpaired) electrons. The third-order valence-corrected chi connectivity index (χ3v) is 4.81. The molecule has 1 fully saturated rings. The third-order valence-electron chi connectivity index (χ3n) is 4.58. The standard InChI is InChI=1S/C19H23ClN2O4/c1-19(2,3)26-18(25)12-7-8-14-15(9-12)21(16(23)10-20)11-17(24)22(14)13-5-4-6-13/h7-9,13H,4-6,10-11H2,1-3H3. The summed E-state index contributed by atoms with van der Waals surface area (Å²) in [6.45, 7) is 5.32. The smallest absolute Gasteiger partial charge is 0.338 e. The Bertz CT molecular complexity index is 752. The lowest BCUT2D eigenvalue weighted by Crippen LogP contribution is -2.54. The van der Waals surface area contributed by atoms with Crippen molar-refractivity contribution < 1.29 is 19.1 Å². The van der Waals surface area contributed by atoms with Crippen molar-refractivity contribution in [1.29, 1.82) is 0 Å². The number of hydrogen-bond donors (Lipinski definition) is 0. The molecule has 1 aromatic carbocycles. The quantitative estimate of drug-likeness (QED) is 0.598. The van der Waals surface area contributed by atoms with E-state index in [1.165, 1.54) is 4.90 Å². The SMILES string of the molecule is CC(C)(C)OC(=O)c1ccc2c(c1)N(C(=O)CCl)CC(=O)N2C1CCC1. The highest BCUT2D eigenvalue weighted by atomic mass is 35.5. The van der Waals surface area contributed by atoms with Gasteiger partial charge in [0.05, 0.1) is 16.9 Å². The zero-order valence-electron chi connectivity index (χ0n) is 15.3. The number of anilines is 2. The van der Waals surface area contributed by atoms with Crippen LogP contribution in [-0.4, -0.2) is 41.9 Å². The number of alkyl halides is 1. The molecule has 140 valence electrons. The van der Waals surface area contributed by atoms with Gasteiger partial charge in [0.15, 0.2) is 0 Å². The number of fused-ring (bicyclic) bond motifs is 1. The van der Waals surface area contributed by atoms with Crippen molar-refractivity contribution in [3.05, 3.63) is 23.8 Å². The molecule has 1 heterocycles. The highest BCUT2D eigenvalue weighted by Crippen LogP contribution is 2.40. The number of rotatable bonds is 3. The predicted molar refractivity (Wildman–Crippen MR) is 99.8 cm³/mol. The summed E-state index contributed by atoms with van der Waals surface area (Å²) in [7, 11) is 0. The van der Waals surface area contributed by atoms with E-state index in [0.29, 0.717) is 16.9 Å². The summed E-state index contributed by atoms with van der Waals surface area (Å²) in [6, 6.07) is 5.13. The molecular formula is C19H23ClN2O4. The van der Waals surface area contributed by atoms with Crippen LogP contribution in [-0.2, 0) is 14.3 Å². The number of ether oxygens (including phenoxy) is 1. The molecule has 3 rings (SSSR count). The number of nitrogens with zero attached hydrogens (tertiary/aromatic N) is 2. The Hall–Kier alpha value is -2.08. The van der Waals surface area contributed by atoms with Crippen molar-refractivity contribution >= 4 is 40.8 Å². The minimum absolute atomic E-state index is 0.0627. The summed E-state index contributed by atoms with van der Waals surface area (Å²) in [6.07, 6.45) is 2.98. The van der Waals surface area contributed by atoms with Crippen molar-refractivity contribution in [1.82, 2.24) is 0 Å². The van der Waals surface area contributed by atoms with Crippen LogP contribution < -0.4 is 9.80 Å². The molecule has 0 bridgehead atoms. The maximum absolute atomic E-state index is 12.6. The first-order chi connectivity index (χ1) is 12.2. The lowest BCUT2D eigenvalue weighted by atomic mass is 9.90. The van der Waals surface area contributed by atoms with Crippen molar-refractivity contribution in [3.63, 3.8) is 0 Å². The fourth-order valence-electron chi connectivity index (χ4n) is 3.18. The van der Waals surface area contributed by atoms with E-state index in [9.17, 15) is 14.4 Å². The van der Waals surface area contributed by atoms with E-state index in [-0.39, 0.29) is 30.3 Å². The van der Waals surface area contributed by atoms with Gasteiger partial charge in [-0.15, -0.1) is 11.6 Å². The molecule has 1 aromatic rings.